The number of nitrogens with zero attached hydrogens (tertiary/aromatic N) is 3. The van der Waals surface area contributed by atoms with E-state index in [2.05, 4.69) is 27.4 Å². The Bertz CT molecular complexity index is 693. The molecular formula is C18H24N4O3. The molecule has 0 saturated carbocycles. The second-order valence-corrected chi connectivity index (χ2v) is 6.05. The van der Waals surface area contributed by atoms with Crippen LogP contribution in [0.5, 0.6) is 5.75 Å². The number of aryl methyl sites for hydroxylation is 1. The van der Waals surface area contributed by atoms with E-state index >= 15 is 0 Å². The lowest BCUT2D eigenvalue weighted by atomic mass is 10.0. The van der Waals surface area contributed by atoms with E-state index in [0.29, 0.717) is 25.3 Å². The van der Waals surface area contributed by atoms with Gasteiger partial charge < -0.3 is 14.8 Å². The number of carbonyl (C=O) groups is 1. The first-order valence-corrected chi connectivity index (χ1v) is 8.40. The summed E-state index contributed by atoms with van der Waals surface area (Å²) in [5.41, 5.74) is 1.71. The van der Waals surface area contributed by atoms with Gasteiger partial charge in [0, 0.05) is 32.9 Å². The zero-order valence-corrected chi connectivity index (χ0v) is 14.6. The van der Waals surface area contributed by atoms with E-state index in [4.69, 9.17) is 9.47 Å². The Morgan fingerprint density at radius 2 is 2.04 bits per heavy atom. The molecule has 1 aromatic carbocycles. The van der Waals surface area contributed by atoms with Crippen molar-refractivity contribution in [1.82, 2.24) is 20.0 Å². The third-order valence-corrected chi connectivity index (χ3v) is 4.41. The van der Waals surface area contributed by atoms with Crippen molar-refractivity contribution in [2.45, 2.75) is 6.04 Å². The molecule has 3 rings (SSSR count). The third kappa shape index (κ3) is 4.37. The highest BCUT2D eigenvalue weighted by Crippen LogP contribution is 2.23. The molecule has 1 N–H and O–H groups in total. The number of amides is 1. The van der Waals surface area contributed by atoms with E-state index in [-0.39, 0.29) is 11.9 Å². The van der Waals surface area contributed by atoms with E-state index in [1.807, 2.05) is 12.1 Å². The minimum atomic E-state index is -0.111. The fourth-order valence-electron chi connectivity index (χ4n) is 3.00. The molecule has 0 spiro atoms. The van der Waals surface area contributed by atoms with Gasteiger partial charge in [0.15, 0.2) is 0 Å². The predicted octanol–water partition coefficient (Wildman–Crippen LogP) is 1.23. The topological polar surface area (TPSA) is 68.6 Å². The van der Waals surface area contributed by atoms with Gasteiger partial charge in [-0.2, -0.15) is 5.10 Å². The minimum absolute atomic E-state index is 0.0930. The zero-order chi connectivity index (χ0) is 17.6. The van der Waals surface area contributed by atoms with Crippen LogP contribution in [0.25, 0.3) is 0 Å². The van der Waals surface area contributed by atoms with Crippen molar-refractivity contribution in [3.8, 4) is 5.75 Å². The number of ether oxygens (including phenoxy) is 2. The quantitative estimate of drug-likeness (QED) is 0.854. The normalized spacial score (nSPS) is 16.4. The second kappa shape index (κ2) is 8.13. The van der Waals surface area contributed by atoms with Gasteiger partial charge in [0.2, 0.25) is 0 Å². The van der Waals surface area contributed by atoms with Crippen molar-refractivity contribution < 1.29 is 14.3 Å². The molecule has 0 aliphatic carbocycles. The maximum Gasteiger partial charge on any atom is 0.254 e. The molecule has 7 nitrogen and oxygen atoms in total. The monoisotopic (exact) mass is 344 g/mol. The summed E-state index contributed by atoms with van der Waals surface area (Å²) in [5.74, 6) is 0.712. The Hall–Kier alpha value is -2.38. The summed E-state index contributed by atoms with van der Waals surface area (Å²) >= 11 is 0. The number of carbonyl (C=O) groups excluding carboxylic acids is 1. The smallest absolute Gasteiger partial charge is 0.254 e. The maximum absolute atomic E-state index is 12.3. The van der Waals surface area contributed by atoms with Crippen molar-refractivity contribution in [3.63, 3.8) is 0 Å². The first-order valence-electron chi connectivity index (χ1n) is 8.40. The summed E-state index contributed by atoms with van der Waals surface area (Å²) in [7, 11) is 3.45. The van der Waals surface area contributed by atoms with Gasteiger partial charge in [0.05, 0.1) is 38.1 Å². The number of morpholine rings is 1. The van der Waals surface area contributed by atoms with Crippen LogP contribution in [0.3, 0.4) is 0 Å². The highest BCUT2D eigenvalue weighted by molar-refractivity contribution is 5.93. The van der Waals surface area contributed by atoms with E-state index < -0.39 is 0 Å². The fraction of sp³-hybridized carbons (Fsp3) is 0.444. The van der Waals surface area contributed by atoms with Crippen molar-refractivity contribution in [3.05, 3.63) is 47.8 Å². The van der Waals surface area contributed by atoms with Crippen LogP contribution in [-0.4, -0.2) is 60.5 Å². The summed E-state index contributed by atoms with van der Waals surface area (Å²) < 4.78 is 12.3. The van der Waals surface area contributed by atoms with Crippen LogP contribution < -0.4 is 10.1 Å². The Balaban J connectivity index is 1.72. The van der Waals surface area contributed by atoms with E-state index in [0.717, 1.165) is 24.4 Å². The number of methoxy groups -OCH3 is 1. The van der Waals surface area contributed by atoms with Crippen LogP contribution in [0.15, 0.2) is 36.7 Å². The number of rotatable bonds is 6. The van der Waals surface area contributed by atoms with Crippen LogP contribution >= 0.6 is 0 Å². The molecule has 1 saturated heterocycles. The van der Waals surface area contributed by atoms with Gasteiger partial charge in [-0.15, -0.1) is 0 Å². The van der Waals surface area contributed by atoms with Gasteiger partial charge in [-0.1, -0.05) is 12.1 Å². The maximum atomic E-state index is 12.3. The van der Waals surface area contributed by atoms with Gasteiger partial charge in [-0.3, -0.25) is 14.4 Å². The number of benzene rings is 1. The molecule has 7 heteroatoms. The standard InChI is InChI=1S/C18H24N4O3/c1-21-13-15(11-20-21)18(23)19-12-17(22-7-9-25-10-8-22)14-3-5-16(24-2)6-4-14/h3-6,11,13,17H,7-10,12H2,1-2H3,(H,19,23). The molecule has 0 bridgehead atoms. The second-order valence-electron chi connectivity index (χ2n) is 6.05. The van der Waals surface area contributed by atoms with E-state index in [1.165, 1.54) is 0 Å². The first kappa shape index (κ1) is 17.4. The fourth-order valence-corrected chi connectivity index (χ4v) is 3.00. The number of hydrogen-bond acceptors (Lipinski definition) is 5. The van der Waals surface area contributed by atoms with Crippen molar-refractivity contribution in [2.75, 3.05) is 40.0 Å². The molecule has 1 atom stereocenters. The highest BCUT2D eigenvalue weighted by atomic mass is 16.5. The van der Waals surface area contributed by atoms with Crippen molar-refractivity contribution in [1.29, 1.82) is 0 Å². The molecule has 134 valence electrons. The molecule has 1 aliphatic rings. The Kier molecular flexibility index (Phi) is 5.67. The number of hydrogen-bond donors (Lipinski definition) is 1. The van der Waals surface area contributed by atoms with Gasteiger partial charge >= 0.3 is 0 Å². The Morgan fingerprint density at radius 3 is 2.64 bits per heavy atom. The average molecular weight is 344 g/mol. The van der Waals surface area contributed by atoms with E-state index in [9.17, 15) is 4.79 Å². The number of aromatic nitrogens is 2. The summed E-state index contributed by atoms with van der Waals surface area (Å²) in [6, 6.07) is 8.09. The van der Waals surface area contributed by atoms with Gasteiger partial charge in [0.1, 0.15) is 5.75 Å². The van der Waals surface area contributed by atoms with Gasteiger partial charge in [0.25, 0.3) is 5.91 Å². The van der Waals surface area contributed by atoms with E-state index in [1.54, 1.807) is 31.2 Å². The van der Waals surface area contributed by atoms with Crippen LogP contribution in [0, 0.1) is 0 Å². The SMILES string of the molecule is COc1ccc(C(CNC(=O)c2cnn(C)c2)N2CCOCC2)cc1. The molecule has 1 unspecified atom stereocenters. The highest BCUT2D eigenvalue weighted by Gasteiger charge is 2.23. The van der Waals surface area contributed by atoms with Gasteiger partial charge in [-0.25, -0.2) is 0 Å². The Morgan fingerprint density at radius 1 is 1.32 bits per heavy atom. The van der Waals surface area contributed by atoms with Crippen molar-refractivity contribution >= 4 is 5.91 Å². The molecule has 2 aromatic rings. The molecule has 1 aromatic heterocycles. The van der Waals surface area contributed by atoms with Crippen LogP contribution in [-0.2, 0) is 11.8 Å². The largest absolute Gasteiger partial charge is 0.497 e. The third-order valence-electron chi connectivity index (χ3n) is 4.41. The van der Waals surface area contributed by atoms with Crippen molar-refractivity contribution in [2.24, 2.45) is 7.05 Å². The predicted molar refractivity (Wildman–Crippen MR) is 93.7 cm³/mol. The minimum Gasteiger partial charge on any atom is -0.497 e. The summed E-state index contributed by atoms with van der Waals surface area (Å²) in [4.78, 5) is 14.7. The molecule has 0 radical (unpaired) electrons. The number of nitrogens with one attached hydrogen (secondary N) is 1. The lowest BCUT2D eigenvalue weighted by Gasteiger charge is -2.35. The zero-order valence-electron chi connectivity index (χ0n) is 14.6. The van der Waals surface area contributed by atoms with Crippen LogP contribution in [0.4, 0.5) is 0 Å². The molecular weight excluding hydrogens is 320 g/mol. The van der Waals surface area contributed by atoms with Gasteiger partial charge in [-0.05, 0) is 17.7 Å². The summed E-state index contributed by atoms with van der Waals surface area (Å²) in [6.07, 6.45) is 3.29. The Labute approximate surface area is 147 Å². The first-order chi connectivity index (χ1) is 12.2. The molecule has 2 heterocycles. The summed E-state index contributed by atoms with van der Waals surface area (Å²) in [6.45, 7) is 3.64. The summed E-state index contributed by atoms with van der Waals surface area (Å²) in [5, 5.41) is 7.08. The van der Waals surface area contributed by atoms with Crippen LogP contribution in [0.1, 0.15) is 22.0 Å². The molecule has 1 aliphatic heterocycles. The lowest BCUT2D eigenvalue weighted by molar-refractivity contribution is 0.0162. The lowest BCUT2D eigenvalue weighted by Crippen LogP contribution is -2.43. The van der Waals surface area contributed by atoms with Crippen LogP contribution in [0.2, 0.25) is 0 Å². The molecule has 1 fully saturated rings. The average Bonchev–Trinajstić information content (AvgIpc) is 3.10. The molecule has 1 amide bonds. The molecule has 25 heavy (non-hydrogen) atoms.